The second kappa shape index (κ2) is 4.34. The largest absolute Gasteiger partial charge is 0.461 e. The SMILES string of the molecule is NCC(=O)OC1CC[CH]CC1. The van der Waals surface area contributed by atoms with Crippen LogP contribution in [0, 0.1) is 6.42 Å². The maximum Gasteiger partial charge on any atom is 0.319 e. The van der Waals surface area contributed by atoms with Crippen LogP contribution in [0.1, 0.15) is 25.7 Å². The van der Waals surface area contributed by atoms with Gasteiger partial charge in [0, 0.05) is 0 Å². The Kier molecular flexibility index (Phi) is 3.36. The molecule has 0 aromatic heterocycles. The van der Waals surface area contributed by atoms with Gasteiger partial charge in [-0.2, -0.15) is 0 Å². The monoisotopic (exact) mass is 156 g/mol. The lowest BCUT2D eigenvalue weighted by molar-refractivity contribution is -0.148. The molecule has 0 saturated heterocycles. The van der Waals surface area contributed by atoms with E-state index in [1.807, 2.05) is 0 Å². The highest BCUT2D eigenvalue weighted by Crippen LogP contribution is 2.19. The lowest BCUT2D eigenvalue weighted by Crippen LogP contribution is -2.25. The highest BCUT2D eigenvalue weighted by atomic mass is 16.5. The average molecular weight is 156 g/mol. The first-order valence-corrected chi connectivity index (χ1v) is 4.04. The Hall–Kier alpha value is -0.570. The predicted molar refractivity (Wildman–Crippen MR) is 41.7 cm³/mol. The Morgan fingerprint density at radius 3 is 2.73 bits per heavy atom. The van der Waals surface area contributed by atoms with Crippen LogP contribution < -0.4 is 5.73 Å². The van der Waals surface area contributed by atoms with E-state index in [0.29, 0.717) is 0 Å². The highest BCUT2D eigenvalue weighted by Gasteiger charge is 2.16. The van der Waals surface area contributed by atoms with Crippen LogP contribution in [0.15, 0.2) is 0 Å². The van der Waals surface area contributed by atoms with E-state index in [0.717, 1.165) is 25.7 Å². The zero-order chi connectivity index (χ0) is 8.10. The molecule has 0 amide bonds. The minimum absolute atomic E-state index is 0.000213. The molecule has 0 atom stereocenters. The van der Waals surface area contributed by atoms with Gasteiger partial charge in [0.25, 0.3) is 0 Å². The quantitative estimate of drug-likeness (QED) is 0.597. The first-order valence-electron chi connectivity index (χ1n) is 4.04. The van der Waals surface area contributed by atoms with Crippen LogP contribution in [0.25, 0.3) is 0 Å². The second-order valence-electron chi connectivity index (χ2n) is 2.76. The standard InChI is InChI=1S/C8H14NO2/c9-6-8(10)11-7-4-2-1-3-5-7/h1,7H,2-6,9H2. The van der Waals surface area contributed by atoms with Gasteiger partial charge >= 0.3 is 5.97 Å². The van der Waals surface area contributed by atoms with Crippen LogP contribution in [-0.2, 0) is 9.53 Å². The van der Waals surface area contributed by atoms with Crippen LogP contribution in [-0.4, -0.2) is 18.6 Å². The molecule has 3 nitrogen and oxygen atoms in total. The number of nitrogens with two attached hydrogens (primary N) is 1. The molecule has 0 unspecified atom stereocenters. The smallest absolute Gasteiger partial charge is 0.319 e. The number of carbonyl (C=O) groups excluding carboxylic acids is 1. The van der Waals surface area contributed by atoms with Gasteiger partial charge < -0.3 is 10.5 Å². The minimum Gasteiger partial charge on any atom is -0.461 e. The number of rotatable bonds is 2. The lowest BCUT2D eigenvalue weighted by atomic mass is 9.98. The van der Waals surface area contributed by atoms with Gasteiger partial charge in [-0.05, 0) is 32.1 Å². The number of hydrogen-bond donors (Lipinski definition) is 1. The van der Waals surface area contributed by atoms with Crippen molar-refractivity contribution in [2.45, 2.75) is 31.8 Å². The number of ether oxygens (including phenoxy) is 1. The van der Waals surface area contributed by atoms with Crippen molar-refractivity contribution in [3.8, 4) is 0 Å². The molecule has 11 heavy (non-hydrogen) atoms. The molecule has 0 aromatic carbocycles. The molecule has 0 aromatic rings. The van der Waals surface area contributed by atoms with E-state index in [1.165, 1.54) is 0 Å². The Bertz CT molecular complexity index is 130. The maximum atomic E-state index is 10.7. The van der Waals surface area contributed by atoms with Gasteiger partial charge in [0.2, 0.25) is 0 Å². The molecule has 1 saturated carbocycles. The van der Waals surface area contributed by atoms with E-state index in [1.54, 1.807) is 0 Å². The molecule has 1 rings (SSSR count). The van der Waals surface area contributed by atoms with Gasteiger partial charge in [-0.15, -0.1) is 0 Å². The van der Waals surface area contributed by atoms with Crippen molar-refractivity contribution in [2.24, 2.45) is 5.73 Å². The molecular weight excluding hydrogens is 142 g/mol. The number of hydrogen-bond acceptors (Lipinski definition) is 3. The van der Waals surface area contributed by atoms with Crippen molar-refractivity contribution in [1.29, 1.82) is 0 Å². The van der Waals surface area contributed by atoms with E-state index in [4.69, 9.17) is 10.5 Å². The third-order valence-electron chi connectivity index (χ3n) is 1.85. The zero-order valence-corrected chi connectivity index (χ0v) is 6.58. The van der Waals surface area contributed by atoms with Crippen LogP contribution in [0.3, 0.4) is 0 Å². The summed E-state index contributed by atoms with van der Waals surface area (Å²) in [6, 6.07) is 0. The van der Waals surface area contributed by atoms with E-state index < -0.39 is 0 Å². The average Bonchev–Trinajstić information content (AvgIpc) is 2.06. The molecule has 1 aliphatic carbocycles. The molecule has 3 heteroatoms. The Labute approximate surface area is 66.9 Å². The topological polar surface area (TPSA) is 52.3 Å². The lowest BCUT2D eigenvalue weighted by Gasteiger charge is -2.21. The normalized spacial score (nSPS) is 19.7. The molecule has 1 radical (unpaired) electrons. The van der Waals surface area contributed by atoms with Crippen molar-refractivity contribution in [3.63, 3.8) is 0 Å². The van der Waals surface area contributed by atoms with Crippen molar-refractivity contribution < 1.29 is 9.53 Å². The summed E-state index contributed by atoms with van der Waals surface area (Å²) in [5.41, 5.74) is 5.11. The van der Waals surface area contributed by atoms with Gasteiger partial charge in [0.1, 0.15) is 6.10 Å². The van der Waals surface area contributed by atoms with Gasteiger partial charge in [0.05, 0.1) is 6.54 Å². The third-order valence-corrected chi connectivity index (χ3v) is 1.85. The molecule has 63 valence electrons. The van der Waals surface area contributed by atoms with Crippen LogP contribution in [0.2, 0.25) is 0 Å². The summed E-state index contributed by atoms with van der Waals surface area (Å²) >= 11 is 0. The Morgan fingerprint density at radius 2 is 2.18 bits per heavy atom. The molecule has 2 N–H and O–H groups in total. The Balaban J connectivity index is 2.19. The summed E-state index contributed by atoms with van der Waals surface area (Å²) in [7, 11) is 0. The minimum atomic E-state index is -0.281. The van der Waals surface area contributed by atoms with Crippen LogP contribution in [0.5, 0.6) is 0 Å². The fourth-order valence-electron chi connectivity index (χ4n) is 1.25. The molecule has 0 bridgehead atoms. The first kappa shape index (κ1) is 8.53. The van der Waals surface area contributed by atoms with E-state index in [9.17, 15) is 4.79 Å². The van der Waals surface area contributed by atoms with Gasteiger partial charge in [0.15, 0.2) is 0 Å². The molecule has 1 aliphatic rings. The Morgan fingerprint density at radius 1 is 1.55 bits per heavy atom. The zero-order valence-electron chi connectivity index (χ0n) is 6.58. The first-order chi connectivity index (χ1) is 5.33. The van der Waals surface area contributed by atoms with E-state index >= 15 is 0 Å². The van der Waals surface area contributed by atoms with Crippen molar-refractivity contribution >= 4 is 5.97 Å². The van der Waals surface area contributed by atoms with Gasteiger partial charge in [-0.25, -0.2) is 0 Å². The third kappa shape index (κ3) is 2.89. The van der Waals surface area contributed by atoms with Crippen molar-refractivity contribution in [3.05, 3.63) is 6.42 Å². The van der Waals surface area contributed by atoms with Gasteiger partial charge in [-0.3, -0.25) is 4.79 Å². The summed E-state index contributed by atoms with van der Waals surface area (Å²) in [4.78, 5) is 10.7. The predicted octanol–water partition coefficient (Wildman–Crippen LogP) is 0.635. The number of carbonyl (C=O) groups is 1. The summed E-state index contributed by atoms with van der Waals surface area (Å²) < 4.78 is 5.06. The number of esters is 1. The summed E-state index contributed by atoms with van der Waals surface area (Å²) in [5, 5.41) is 0. The van der Waals surface area contributed by atoms with Crippen molar-refractivity contribution in [2.75, 3.05) is 6.54 Å². The fraction of sp³-hybridized carbons (Fsp3) is 0.750. The molecule has 0 spiro atoms. The molecular formula is C8H14NO2. The summed E-state index contributed by atoms with van der Waals surface area (Å²) in [6.07, 6.45) is 6.39. The van der Waals surface area contributed by atoms with Crippen molar-refractivity contribution in [1.82, 2.24) is 0 Å². The molecule has 1 fully saturated rings. The van der Waals surface area contributed by atoms with E-state index in [-0.39, 0.29) is 18.6 Å². The van der Waals surface area contributed by atoms with Crippen LogP contribution >= 0.6 is 0 Å². The van der Waals surface area contributed by atoms with Crippen LogP contribution in [0.4, 0.5) is 0 Å². The molecule has 0 aliphatic heterocycles. The second-order valence-corrected chi connectivity index (χ2v) is 2.76. The summed E-state index contributed by atoms with van der Waals surface area (Å²) in [6.45, 7) is 0.000213. The summed E-state index contributed by atoms with van der Waals surface area (Å²) in [5.74, 6) is -0.281. The maximum absolute atomic E-state index is 10.7. The molecule has 0 heterocycles. The fourth-order valence-corrected chi connectivity index (χ4v) is 1.25. The van der Waals surface area contributed by atoms with Gasteiger partial charge in [-0.1, -0.05) is 0 Å². The van der Waals surface area contributed by atoms with E-state index in [2.05, 4.69) is 6.42 Å². The highest BCUT2D eigenvalue weighted by molar-refractivity contribution is 5.71.